The van der Waals surface area contributed by atoms with Crippen molar-refractivity contribution >= 4 is 28.4 Å². The van der Waals surface area contributed by atoms with Crippen molar-refractivity contribution in [3.8, 4) is 0 Å². The molecule has 3 aromatic rings. The number of halogens is 1. The summed E-state index contributed by atoms with van der Waals surface area (Å²) >= 11 is 0. The van der Waals surface area contributed by atoms with Gasteiger partial charge in [0.05, 0.1) is 16.8 Å². The van der Waals surface area contributed by atoms with Crippen LogP contribution in [0, 0.1) is 19.7 Å². The van der Waals surface area contributed by atoms with Gasteiger partial charge in [0.25, 0.3) is 11.8 Å². The topological polar surface area (TPSA) is 71.1 Å². The zero-order valence-electron chi connectivity index (χ0n) is 15.7. The first-order valence-corrected chi connectivity index (χ1v) is 9.20. The van der Waals surface area contributed by atoms with E-state index in [1.165, 1.54) is 12.1 Å². The number of aryl methyl sites for hydroxylation is 2. The Bertz CT molecular complexity index is 1110. The van der Waals surface area contributed by atoms with Gasteiger partial charge in [0.15, 0.2) is 0 Å². The highest BCUT2D eigenvalue weighted by Gasteiger charge is 2.24. The van der Waals surface area contributed by atoms with E-state index in [0.29, 0.717) is 33.4 Å². The van der Waals surface area contributed by atoms with Gasteiger partial charge >= 0.3 is 0 Å². The smallest absolute Gasteiger partial charge is 0.257 e. The van der Waals surface area contributed by atoms with Gasteiger partial charge in [-0.05, 0) is 62.6 Å². The molecule has 5 nitrogen and oxygen atoms in total. The number of nitrogens with one attached hydrogen (secondary N) is 2. The fourth-order valence-electron chi connectivity index (χ4n) is 3.05. The van der Waals surface area contributed by atoms with E-state index in [9.17, 15) is 14.0 Å². The molecule has 0 spiro atoms. The lowest BCUT2D eigenvalue weighted by molar-refractivity contribution is 0.0949. The minimum Gasteiger partial charge on any atom is -0.349 e. The highest BCUT2D eigenvalue weighted by molar-refractivity contribution is 6.07. The van der Waals surface area contributed by atoms with Crippen LogP contribution >= 0.6 is 0 Å². The third-order valence-electron chi connectivity index (χ3n) is 4.88. The minimum absolute atomic E-state index is 0.136. The Morgan fingerprint density at radius 2 is 1.82 bits per heavy atom. The molecule has 1 aliphatic carbocycles. The van der Waals surface area contributed by atoms with E-state index < -0.39 is 0 Å². The molecule has 1 heterocycles. The molecule has 4 rings (SSSR count). The van der Waals surface area contributed by atoms with Gasteiger partial charge in [0, 0.05) is 28.7 Å². The summed E-state index contributed by atoms with van der Waals surface area (Å²) in [6.45, 7) is 3.58. The second-order valence-corrected chi connectivity index (χ2v) is 7.19. The van der Waals surface area contributed by atoms with Crippen LogP contribution in [0.4, 0.5) is 10.1 Å². The van der Waals surface area contributed by atoms with Crippen molar-refractivity contribution < 1.29 is 14.0 Å². The van der Waals surface area contributed by atoms with E-state index in [1.54, 1.807) is 31.2 Å². The van der Waals surface area contributed by atoms with Crippen LogP contribution in [0.1, 0.15) is 44.8 Å². The van der Waals surface area contributed by atoms with Crippen molar-refractivity contribution in [3.05, 3.63) is 70.7 Å². The molecule has 28 heavy (non-hydrogen) atoms. The summed E-state index contributed by atoms with van der Waals surface area (Å²) < 4.78 is 13.4. The Kier molecular flexibility index (Phi) is 4.55. The molecule has 1 aromatic heterocycles. The predicted molar refractivity (Wildman–Crippen MR) is 106 cm³/mol. The number of benzene rings is 2. The van der Waals surface area contributed by atoms with Crippen molar-refractivity contribution in [1.82, 2.24) is 10.3 Å². The number of carbonyl (C=O) groups excluding carboxylic acids is 2. The van der Waals surface area contributed by atoms with Gasteiger partial charge in [-0.2, -0.15) is 0 Å². The Balaban J connectivity index is 1.61. The van der Waals surface area contributed by atoms with Gasteiger partial charge in [-0.1, -0.05) is 6.07 Å². The lowest BCUT2D eigenvalue weighted by atomic mass is 10.1. The number of anilines is 1. The van der Waals surface area contributed by atoms with Crippen molar-refractivity contribution in [3.63, 3.8) is 0 Å². The number of fused-ring (bicyclic) bond motifs is 1. The second kappa shape index (κ2) is 7.03. The first kappa shape index (κ1) is 18.1. The summed E-state index contributed by atoms with van der Waals surface area (Å²) in [4.78, 5) is 29.5. The van der Waals surface area contributed by atoms with Crippen LogP contribution in [-0.2, 0) is 0 Å². The number of rotatable bonds is 4. The predicted octanol–water partition coefficient (Wildman–Crippen LogP) is 4.14. The van der Waals surface area contributed by atoms with E-state index >= 15 is 0 Å². The summed E-state index contributed by atoms with van der Waals surface area (Å²) in [5.41, 5.74) is 3.36. The van der Waals surface area contributed by atoms with Gasteiger partial charge in [0.1, 0.15) is 5.82 Å². The number of carbonyl (C=O) groups is 2. The Labute approximate surface area is 162 Å². The van der Waals surface area contributed by atoms with Crippen LogP contribution in [0.5, 0.6) is 0 Å². The van der Waals surface area contributed by atoms with Crippen LogP contribution in [0.25, 0.3) is 10.9 Å². The number of aromatic nitrogens is 1. The number of hydrogen-bond acceptors (Lipinski definition) is 3. The molecular formula is C22H20FN3O2. The fourth-order valence-corrected chi connectivity index (χ4v) is 3.05. The highest BCUT2D eigenvalue weighted by Crippen LogP contribution is 2.23. The molecule has 2 N–H and O–H groups in total. The van der Waals surface area contributed by atoms with E-state index in [2.05, 4.69) is 15.6 Å². The van der Waals surface area contributed by atoms with E-state index in [4.69, 9.17) is 0 Å². The molecule has 6 heteroatoms. The van der Waals surface area contributed by atoms with E-state index in [1.807, 2.05) is 13.0 Å². The van der Waals surface area contributed by atoms with Gasteiger partial charge < -0.3 is 10.6 Å². The Hall–Kier alpha value is -3.28. The number of pyridine rings is 1. The monoisotopic (exact) mass is 377 g/mol. The molecule has 0 radical (unpaired) electrons. The fraction of sp³-hybridized carbons (Fsp3) is 0.227. The molecule has 2 aromatic carbocycles. The molecule has 0 saturated heterocycles. The molecule has 0 aliphatic heterocycles. The van der Waals surface area contributed by atoms with Crippen LogP contribution in [0.15, 0.2) is 42.5 Å². The maximum Gasteiger partial charge on any atom is 0.257 e. The zero-order chi connectivity index (χ0) is 19.8. The molecule has 0 atom stereocenters. The Morgan fingerprint density at radius 3 is 2.57 bits per heavy atom. The maximum absolute atomic E-state index is 13.4. The SMILES string of the molecule is Cc1ccc(C(=O)NC2CC2)cc1NC(=O)c1cc2ccc(F)cc2nc1C. The summed E-state index contributed by atoms with van der Waals surface area (Å²) in [7, 11) is 0. The third-order valence-corrected chi connectivity index (χ3v) is 4.88. The van der Waals surface area contributed by atoms with Crippen LogP contribution in [-0.4, -0.2) is 22.8 Å². The molecule has 0 unspecified atom stereocenters. The van der Waals surface area contributed by atoms with Crippen LogP contribution in [0.3, 0.4) is 0 Å². The maximum atomic E-state index is 13.4. The van der Waals surface area contributed by atoms with Crippen LogP contribution in [0.2, 0.25) is 0 Å². The first-order valence-electron chi connectivity index (χ1n) is 9.20. The molecule has 142 valence electrons. The number of hydrogen-bond donors (Lipinski definition) is 2. The van der Waals surface area contributed by atoms with Gasteiger partial charge in [0.2, 0.25) is 0 Å². The van der Waals surface area contributed by atoms with Crippen molar-refractivity contribution in [2.45, 2.75) is 32.7 Å². The first-order chi connectivity index (χ1) is 13.4. The molecule has 2 amide bonds. The molecule has 1 saturated carbocycles. The highest BCUT2D eigenvalue weighted by atomic mass is 19.1. The average molecular weight is 377 g/mol. The van der Waals surface area contributed by atoms with Crippen LogP contribution < -0.4 is 10.6 Å². The standard InChI is InChI=1S/C22H20FN3O2/c1-12-3-4-15(21(27)25-17-7-8-17)10-19(12)26-22(28)18-9-14-5-6-16(23)11-20(14)24-13(18)2/h3-6,9-11,17H,7-8H2,1-2H3,(H,25,27)(H,26,28). The van der Waals surface area contributed by atoms with Crippen molar-refractivity contribution in [2.24, 2.45) is 0 Å². The molecule has 1 aliphatic rings. The lowest BCUT2D eigenvalue weighted by Gasteiger charge is -2.12. The zero-order valence-corrected chi connectivity index (χ0v) is 15.7. The largest absolute Gasteiger partial charge is 0.349 e. The minimum atomic E-state index is -0.367. The average Bonchev–Trinajstić information content (AvgIpc) is 3.46. The lowest BCUT2D eigenvalue weighted by Crippen LogP contribution is -2.25. The molecule has 0 bridgehead atoms. The van der Waals surface area contributed by atoms with Crippen molar-refractivity contribution in [1.29, 1.82) is 0 Å². The quantitative estimate of drug-likeness (QED) is 0.718. The second-order valence-electron chi connectivity index (χ2n) is 7.19. The van der Waals surface area contributed by atoms with Crippen molar-refractivity contribution in [2.75, 3.05) is 5.32 Å². The van der Waals surface area contributed by atoms with E-state index in [-0.39, 0.29) is 23.7 Å². The molecular weight excluding hydrogens is 357 g/mol. The number of amides is 2. The normalized spacial score (nSPS) is 13.4. The Morgan fingerprint density at radius 1 is 1.04 bits per heavy atom. The summed E-state index contributed by atoms with van der Waals surface area (Å²) in [5.74, 6) is -0.823. The van der Waals surface area contributed by atoms with E-state index in [0.717, 1.165) is 18.4 Å². The summed E-state index contributed by atoms with van der Waals surface area (Å²) in [6.07, 6.45) is 2.03. The van der Waals surface area contributed by atoms with Gasteiger partial charge in [-0.25, -0.2) is 4.39 Å². The number of nitrogens with zero attached hydrogens (tertiary/aromatic N) is 1. The molecule has 1 fully saturated rings. The summed E-state index contributed by atoms with van der Waals surface area (Å²) in [6, 6.07) is 11.5. The van der Waals surface area contributed by atoms with Gasteiger partial charge in [-0.3, -0.25) is 14.6 Å². The third kappa shape index (κ3) is 3.71. The summed E-state index contributed by atoms with van der Waals surface area (Å²) in [5, 5.41) is 6.50. The van der Waals surface area contributed by atoms with Gasteiger partial charge in [-0.15, -0.1) is 0 Å².